The number of aryl methyl sites for hydroxylation is 1. The van der Waals surface area contributed by atoms with Crippen molar-refractivity contribution in [2.45, 2.75) is 19.2 Å². The number of carbonyl (C=O) groups is 1. The van der Waals surface area contributed by atoms with E-state index in [9.17, 15) is 4.79 Å². The highest BCUT2D eigenvalue weighted by Gasteiger charge is 2.08. The average molecular weight is 282 g/mol. The number of carbonyl (C=O) groups excluding carboxylic acids is 1. The molecule has 0 aliphatic rings. The van der Waals surface area contributed by atoms with Crippen LogP contribution in [-0.4, -0.2) is 15.9 Å². The van der Waals surface area contributed by atoms with Crippen molar-refractivity contribution in [1.82, 2.24) is 9.97 Å². The Bertz CT molecular complexity index is 556. The average Bonchev–Trinajstić information content (AvgIpc) is 2.76. The Hall–Kier alpha value is -1.46. The molecule has 6 heteroatoms. The summed E-state index contributed by atoms with van der Waals surface area (Å²) in [5, 5.41) is 5.42. The first kappa shape index (κ1) is 13.0. The van der Waals surface area contributed by atoms with Gasteiger partial charge in [0, 0.05) is 11.6 Å². The maximum Gasteiger partial charge on any atom is 0.231 e. The van der Waals surface area contributed by atoms with Crippen molar-refractivity contribution in [3.63, 3.8) is 0 Å². The Balaban J connectivity index is 1.96. The Morgan fingerprint density at radius 2 is 2.33 bits per heavy atom. The Labute approximate surface area is 114 Å². The van der Waals surface area contributed by atoms with Gasteiger partial charge in [0.25, 0.3) is 0 Å². The smallest absolute Gasteiger partial charge is 0.231 e. The number of alkyl halides is 1. The Kier molecular flexibility index (Phi) is 4.28. The van der Waals surface area contributed by atoms with E-state index in [1.807, 2.05) is 18.4 Å². The SMILES string of the molecule is Cc1cncc(NC(=O)Cc2nc(CCl)cs2)c1. The quantitative estimate of drug-likeness (QED) is 0.877. The number of nitrogens with one attached hydrogen (secondary N) is 1. The first-order valence-electron chi connectivity index (χ1n) is 5.38. The van der Waals surface area contributed by atoms with Crippen molar-refractivity contribution >= 4 is 34.5 Å². The number of halogens is 1. The molecule has 0 aliphatic heterocycles. The molecule has 94 valence electrons. The zero-order chi connectivity index (χ0) is 13.0. The van der Waals surface area contributed by atoms with Crippen LogP contribution >= 0.6 is 22.9 Å². The van der Waals surface area contributed by atoms with Gasteiger partial charge in [0.2, 0.25) is 5.91 Å². The highest BCUT2D eigenvalue weighted by Crippen LogP contribution is 2.13. The van der Waals surface area contributed by atoms with Crippen LogP contribution in [0.5, 0.6) is 0 Å². The molecular formula is C12H12ClN3OS. The van der Waals surface area contributed by atoms with Crippen LogP contribution in [0.1, 0.15) is 16.3 Å². The van der Waals surface area contributed by atoms with Crippen molar-refractivity contribution in [3.05, 3.63) is 40.1 Å². The second-order valence-electron chi connectivity index (χ2n) is 3.84. The maximum absolute atomic E-state index is 11.8. The summed E-state index contributed by atoms with van der Waals surface area (Å²) in [7, 11) is 0. The number of hydrogen-bond acceptors (Lipinski definition) is 4. The molecule has 0 saturated carbocycles. The summed E-state index contributed by atoms with van der Waals surface area (Å²) in [6.07, 6.45) is 3.62. The molecular weight excluding hydrogens is 270 g/mol. The van der Waals surface area contributed by atoms with Crippen molar-refractivity contribution in [1.29, 1.82) is 0 Å². The number of amides is 1. The van der Waals surface area contributed by atoms with E-state index in [1.165, 1.54) is 11.3 Å². The third-order valence-electron chi connectivity index (χ3n) is 2.21. The zero-order valence-electron chi connectivity index (χ0n) is 9.81. The van der Waals surface area contributed by atoms with Crippen LogP contribution in [0, 0.1) is 6.92 Å². The number of nitrogens with zero attached hydrogens (tertiary/aromatic N) is 2. The van der Waals surface area contributed by atoms with Gasteiger partial charge in [0.1, 0.15) is 5.01 Å². The third-order valence-corrected chi connectivity index (χ3v) is 3.38. The molecule has 0 bridgehead atoms. The molecule has 2 heterocycles. The number of anilines is 1. The molecule has 0 aromatic carbocycles. The fourth-order valence-corrected chi connectivity index (χ4v) is 2.48. The van der Waals surface area contributed by atoms with Crippen LogP contribution in [0.2, 0.25) is 0 Å². The van der Waals surface area contributed by atoms with E-state index < -0.39 is 0 Å². The molecule has 4 nitrogen and oxygen atoms in total. The van der Waals surface area contributed by atoms with Gasteiger partial charge in [0.05, 0.1) is 29.9 Å². The van der Waals surface area contributed by atoms with Gasteiger partial charge in [-0.15, -0.1) is 22.9 Å². The van der Waals surface area contributed by atoms with E-state index in [0.29, 0.717) is 11.6 Å². The maximum atomic E-state index is 11.8. The number of thiazole rings is 1. The van der Waals surface area contributed by atoms with E-state index in [4.69, 9.17) is 11.6 Å². The highest BCUT2D eigenvalue weighted by atomic mass is 35.5. The fraction of sp³-hybridized carbons (Fsp3) is 0.250. The molecule has 2 aromatic heterocycles. The minimum Gasteiger partial charge on any atom is -0.324 e. The second kappa shape index (κ2) is 5.93. The monoisotopic (exact) mass is 281 g/mol. The van der Waals surface area contributed by atoms with E-state index in [0.717, 1.165) is 16.3 Å². The minimum atomic E-state index is -0.0992. The van der Waals surface area contributed by atoms with Gasteiger partial charge in [-0.1, -0.05) is 0 Å². The molecule has 0 saturated heterocycles. The molecule has 1 N–H and O–H groups in total. The predicted octanol–water partition coefficient (Wildman–Crippen LogP) is 2.77. The molecule has 18 heavy (non-hydrogen) atoms. The Morgan fingerprint density at radius 3 is 3.00 bits per heavy atom. The van der Waals surface area contributed by atoms with Gasteiger partial charge in [0.15, 0.2) is 0 Å². The summed E-state index contributed by atoms with van der Waals surface area (Å²) in [6.45, 7) is 1.93. The lowest BCUT2D eigenvalue weighted by molar-refractivity contribution is -0.115. The zero-order valence-corrected chi connectivity index (χ0v) is 11.4. The number of aromatic nitrogens is 2. The lowest BCUT2D eigenvalue weighted by Gasteiger charge is -2.03. The lowest BCUT2D eigenvalue weighted by atomic mass is 10.3. The third kappa shape index (κ3) is 3.51. The topological polar surface area (TPSA) is 54.9 Å². The lowest BCUT2D eigenvalue weighted by Crippen LogP contribution is -2.14. The predicted molar refractivity (Wildman–Crippen MR) is 73.0 cm³/mol. The molecule has 0 aliphatic carbocycles. The van der Waals surface area contributed by atoms with Crippen LogP contribution in [0.3, 0.4) is 0 Å². The molecule has 0 fully saturated rings. The van der Waals surface area contributed by atoms with Crippen LogP contribution in [0.25, 0.3) is 0 Å². The molecule has 0 radical (unpaired) electrons. The minimum absolute atomic E-state index is 0.0992. The molecule has 2 aromatic rings. The summed E-state index contributed by atoms with van der Waals surface area (Å²) >= 11 is 7.10. The van der Waals surface area contributed by atoms with Gasteiger partial charge >= 0.3 is 0 Å². The van der Waals surface area contributed by atoms with Crippen molar-refractivity contribution < 1.29 is 4.79 Å². The van der Waals surface area contributed by atoms with Crippen LogP contribution in [0.4, 0.5) is 5.69 Å². The number of hydrogen-bond donors (Lipinski definition) is 1. The van der Waals surface area contributed by atoms with Crippen molar-refractivity contribution in [2.24, 2.45) is 0 Å². The number of rotatable bonds is 4. The first-order valence-corrected chi connectivity index (χ1v) is 6.79. The summed E-state index contributed by atoms with van der Waals surface area (Å²) in [6, 6.07) is 1.87. The summed E-state index contributed by atoms with van der Waals surface area (Å²) < 4.78 is 0. The second-order valence-corrected chi connectivity index (χ2v) is 5.05. The van der Waals surface area contributed by atoms with Gasteiger partial charge in [-0.05, 0) is 18.6 Å². The van der Waals surface area contributed by atoms with Crippen LogP contribution in [-0.2, 0) is 17.1 Å². The van der Waals surface area contributed by atoms with Crippen LogP contribution < -0.4 is 5.32 Å². The van der Waals surface area contributed by atoms with E-state index in [1.54, 1.807) is 12.4 Å². The van der Waals surface area contributed by atoms with E-state index in [-0.39, 0.29) is 12.3 Å². The van der Waals surface area contributed by atoms with Gasteiger partial charge in [-0.3, -0.25) is 9.78 Å². The summed E-state index contributed by atoms with van der Waals surface area (Å²) in [4.78, 5) is 20.0. The van der Waals surface area contributed by atoms with Gasteiger partial charge in [-0.2, -0.15) is 0 Å². The normalized spacial score (nSPS) is 10.3. The standard InChI is InChI=1S/C12H12ClN3OS/c1-8-2-9(6-14-5-8)15-11(17)3-12-16-10(4-13)7-18-12/h2,5-7H,3-4H2,1H3,(H,15,17). The molecule has 2 rings (SSSR count). The van der Waals surface area contributed by atoms with Gasteiger partial charge in [-0.25, -0.2) is 4.98 Å². The molecule has 1 amide bonds. The largest absolute Gasteiger partial charge is 0.324 e. The first-order chi connectivity index (χ1) is 8.67. The van der Waals surface area contributed by atoms with E-state index >= 15 is 0 Å². The molecule has 0 atom stereocenters. The highest BCUT2D eigenvalue weighted by molar-refractivity contribution is 7.09. The van der Waals surface area contributed by atoms with Crippen LogP contribution in [0.15, 0.2) is 23.8 Å². The summed E-state index contributed by atoms with van der Waals surface area (Å²) in [5.41, 5.74) is 2.52. The Morgan fingerprint density at radius 1 is 1.50 bits per heavy atom. The van der Waals surface area contributed by atoms with Crippen molar-refractivity contribution in [2.75, 3.05) is 5.32 Å². The molecule has 0 unspecified atom stereocenters. The van der Waals surface area contributed by atoms with Gasteiger partial charge < -0.3 is 5.32 Å². The molecule has 0 spiro atoms. The number of pyridine rings is 1. The summed E-state index contributed by atoms with van der Waals surface area (Å²) in [5.74, 6) is 0.276. The van der Waals surface area contributed by atoms with Crippen molar-refractivity contribution in [3.8, 4) is 0 Å². The van der Waals surface area contributed by atoms with E-state index in [2.05, 4.69) is 15.3 Å². The fourth-order valence-electron chi connectivity index (χ4n) is 1.46.